The van der Waals surface area contributed by atoms with E-state index in [9.17, 15) is 0 Å². The number of hydrogen-bond acceptors (Lipinski definition) is 2. The van der Waals surface area contributed by atoms with Gasteiger partial charge in [-0.25, -0.2) is 0 Å². The smallest absolute Gasteiger partial charge is 0.154 e. The van der Waals surface area contributed by atoms with Crippen LogP contribution in [0.25, 0.3) is 0 Å². The molecular weight excluding hydrogens is 232 g/mol. The Bertz CT molecular complexity index is 237. The molecule has 2 aliphatic rings. The lowest BCUT2D eigenvalue weighted by Crippen LogP contribution is -2.17. The molecule has 0 heterocycles. The summed E-state index contributed by atoms with van der Waals surface area (Å²) in [6, 6.07) is 0.455. The third-order valence-electron chi connectivity index (χ3n) is 4.09. The monoisotopic (exact) mass is 256 g/mol. The van der Waals surface area contributed by atoms with Gasteiger partial charge in [-0.15, -0.1) is 0 Å². The number of hydrogen-bond donors (Lipinski definition) is 0. The second-order valence-electron chi connectivity index (χ2n) is 5.69. The van der Waals surface area contributed by atoms with Gasteiger partial charge in [0.1, 0.15) is 0 Å². The molecule has 0 spiro atoms. The molecule has 2 saturated carbocycles. The summed E-state index contributed by atoms with van der Waals surface area (Å²) in [6.07, 6.45) is 14.9. The predicted molar refractivity (Wildman–Crippen MR) is 72.6 cm³/mol. The van der Waals surface area contributed by atoms with Gasteiger partial charge in [-0.1, -0.05) is 50.1 Å². The Kier molecular flexibility index (Phi) is 5.27. The molecule has 0 aromatic heterocycles. The minimum atomic E-state index is -0.358. The van der Waals surface area contributed by atoms with Gasteiger partial charge in [0.2, 0.25) is 0 Å². The second-order valence-corrected chi connectivity index (χ2v) is 6.40. The van der Waals surface area contributed by atoms with Gasteiger partial charge < -0.3 is 0 Å². The van der Waals surface area contributed by atoms with Crippen LogP contribution < -0.4 is 0 Å². The number of alkyl halides is 1. The quantitative estimate of drug-likeness (QED) is 0.272. The predicted octanol–water partition coefficient (Wildman–Crippen LogP) is 5.45. The fourth-order valence-corrected chi connectivity index (χ4v) is 3.24. The molecule has 0 atom stereocenters. The van der Waals surface area contributed by atoms with Gasteiger partial charge in [0.25, 0.3) is 0 Å². The molecule has 17 heavy (non-hydrogen) atoms. The highest BCUT2D eigenvalue weighted by Gasteiger charge is 2.28. The average molecular weight is 257 g/mol. The van der Waals surface area contributed by atoms with E-state index in [-0.39, 0.29) is 5.00 Å². The molecule has 0 N–H and O–H groups in total. The fourth-order valence-electron chi connectivity index (χ4n) is 2.93. The first-order valence-electron chi connectivity index (χ1n) is 7.39. The summed E-state index contributed by atoms with van der Waals surface area (Å²) in [5.41, 5.74) is 0. The Hall–Kier alpha value is -0.110. The molecule has 98 valence electrons. The van der Waals surface area contributed by atoms with Crippen molar-refractivity contribution in [2.45, 2.75) is 88.1 Å². The van der Waals surface area contributed by atoms with Crippen LogP contribution in [0.3, 0.4) is 0 Å². The van der Waals surface area contributed by atoms with Gasteiger partial charge in [0.15, 0.2) is 5.00 Å². The molecule has 2 fully saturated rings. The maximum atomic E-state index is 6.58. The van der Waals surface area contributed by atoms with Crippen molar-refractivity contribution >= 4 is 11.6 Å². The van der Waals surface area contributed by atoms with E-state index in [4.69, 9.17) is 11.6 Å². The van der Waals surface area contributed by atoms with Crippen molar-refractivity contribution in [2.24, 2.45) is 10.2 Å². The molecule has 2 aliphatic carbocycles. The standard InChI is InChI=1S/C14H25ClN2/c15-14(11-7-3-4-8-12-14)17-16-13-9-5-1-2-6-10-13/h13H,1-12H2. The molecule has 0 aromatic rings. The first-order chi connectivity index (χ1) is 8.29. The first-order valence-corrected chi connectivity index (χ1v) is 7.77. The summed E-state index contributed by atoms with van der Waals surface area (Å²) in [4.78, 5) is -0.358. The third kappa shape index (κ3) is 4.57. The topological polar surface area (TPSA) is 24.7 Å². The molecule has 0 aliphatic heterocycles. The van der Waals surface area contributed by atoms with Crippen LogP contribution in [0, 0.1) is 0 Å². The van der Waals surface area contributed by atoms with Crippen molar-refractivity contribution in [1.82, 2.24) is 0 Å². The van der Waals surface area contributed by atoms with E-state index in [1.807, 2.05) is 0 Å². The van der Waals surface area contributed by atoms with E-state index in [1.165, 1.54) is 64.2 Å². The highest BCUT2D eigenvalue weighted by molar-refractivity contribution is 6.23. The SMILES string of the molecule is ClC1(N=NC2CCCCCC2)CCCCCC1. The lowest BCUT2D eigenvalue weighted by Gasteiger charge is -2.19. The van der Waals surface area contributed by atoms with Gasteiger partial charge in [-0.2, -0.15) is 10.2 Å². The van der Waals surface area contributed by atoms with E-state index < -0.39 is 0 Å². The van der Waals surface area contributed by atoms with Crippen molar-refractivity contribution in [3.8, 4) is 0 Å². The van der Waals surface area contributed by atoms with E-state index in [2.05, 4.69) is 10.2 Å². The molecular formula is C14H25ClN2. The zero-order valence-electron chi connectivity index (χ0n) is 10.8. The minimum Gasteiger partial charge on any atom is -0.189 e. The Morgan fingerprint density at radius 3 is 1.88 bits per heavy atom. The molecule has 0 bridgehead atoms. The van der Waals surface area contributed by atoms with Crippen LogP contribution in [0.15, 0.2) is 10.2 Å². The van der Waals surface area contributed by atoms with E-state index in [0.717, 1.165) is 12.8 Å². The fraction of sp³-hybridized carbons (Fsp3) is 1.00. The van der Waals surface area contributed by atoms with Crippen LogP contribution in [-0.4, -0.2) is 11.0 Å². The molecule has 0 aromatic carbocycles. The zero-order valence-corrected chi connectivity index (χ0v) is 11.6. The number of azo groups is 1. The van der Waals surface area contributed by atoms with Gasteiger partial charge >= 0.3 is 0 Å². The molecule has 2 nitrogen and oxygen atoms in total. The lowest BCUT2D eigenvalue weighted by atomic mass is 10.1. The molecule has 0 saturated heterocycles. The average Bonchev–Trinajstić information content (AvgIpc) is 2.69. The second kappa shape index (κ2) is 6.72. The summed E-state index contributed by atoms with van der Waals surface area (Å²) in [5, 5.41) is 9.10. The number of nitrogens with zero attached hydrogens (tertiary/aromatic N) is 2. The van der Waals surface area contributed by atoms with Crippen LogP contribution in [0.1, 0.15) is 77.0 Å². The van der Waals surface area contributed by atoms with Gasteiger partial charge in [0, 0.05) is 0 Å². The normalized spacial score (nSPS) is 27.8. The Morgan fingerprint density at radius 1 is 0.765 bits per heavy atom. The van der Waals surface area contributed by atoms with Gasteiger partial charge in [-0.05, 0) is 38.5 Å². The maximum Gasteiger partial charge on any atom is 0.154 e. The van der Waals surface area contributed by atoms with Crippen molar-refractivity contribution in [3.63, 3.8) is 0 Å². The summed E-state index contributed by atoms with van der Waals surface area (Å²) in [6.45, 7) is 0. The largest absolute Gasteiger partial charge is 0.189 e. The number of halogens is 1. The summed E-state index contributed by atoms with van der Waals surface area (Å²) >= 11 is 6.58. The van der Waals surface area contributed by atoms with Crippen LogP contribution in [0.4, 0.5) is 0 Å². The van der Waals surface area contributed by atoms with Crippen LogP contribution in [-0.2, 0) is 0 Å². The van der Waals surface area contributed by atoms with Crippen LogP contribution in [0.5, 0.6) is 0 Å². The van der Waals surface area contributed by atoms with E-state index in [1.54, 1.807) is 0 Å². The van der Waals surface area contributed by atoms with Crippen LogP contribution >= 0.6 is 11.6 Å². The highest BCUT2D eigenvalue weighted by atomic mass is 35.5. The minimum absolute atomic E-state index is 0.358. The van der Waals surface area contributed by atoms with Crippen LogP contribution in [0.2, 0.25) is 0 Å². The maximum absolute atomic E-state index is 6.58. The van der Waals surface area contributed by atoms with Gasteiger partial charge in [0.05, 0.1) is 6.04 Å². The van der Waals surface area contributed by atoms with Crippen molar-refractivity contribution in [2.75, 3.05) is 0 Å². The molecule has 0 amide bonds. The molecule has 0 unspecified atom stereocenters. The van der Waals surface area contributed by atoms with Crippen molar-refractivity contribution < 1.29 is 0 Å². The summed E-state index contributed by atoms with van der Waals surface area (Å²) < 4.78 is 0. The third-order valence-corrected chi connectivity index (χ3v) is 4.55. The van der Waals surface area contributed by atoms with E-state index in [0.29, 0.717) is 6.04 Å². The van der Waals surface area contributed by atoms with Crippen molar-refractivity contribution in [1.29, 1.82) is 0 Å². The number of rotatable bonds is 2. The Balaban J connectivity index is 1.88. The summed E-state index contributed by atoms with van der Waals surface area (Å²) in [5.74, 6) is 0. The Labute approximate surface area is 110 Å². The van der Waals surface area contributed by atoms with Gasteiger partial charge in [-0.3, -0.25) is 0 Å². The molecule has 2 rings (SSSR count). The van der Waals surface area contributed by atoms with E-state index >= 15 is 0 Å². The highest BCUT2D eigenvalue weighted by Crippen LogP contribution is 2.35. The molecule has 3 heteroatoms. The Morgan fingerprint density at radius 2 is 1.29 bits per heavy atom. The lowest BCUT2D eigenvalue weighted by molar-refractivity contribution is 0.460. The zero-order chi connectivity index (χ0) is 12.0. The van der Waals surface area contributed by atoms with Crippen molar-refractivity contribution in [3.05, 3.63) is 0 Å². The molecule has 0 radical (unpaired) electrons. The summed E-state index contributed by atoms with van der Waals surface area (Å²) in [7, 11) is 0. The first kappa shape index (κ1) is 13.3.